The molecule has 1 aromatic heterocycles. The second-order valence-corrected chi connectivity index (χ2v) is 11.1. The Morgan fingerprint density at radius 1 is 1.19 bits per heavy atom. The lowest BCUT2D eigenvalue weighted by Crippen LogP contribution is -2.54. The van der Waals surface area contributed by atoms with Crippen LogP contribution in [0.4, 0.5) is 5.69 Å². The number of Topliss-reactive ketones (excluding diaryl/α,β-unsaturated/α-hetero) is 1. The van der Waals surface area contributed by atoms with Crippen LogP contribution in [0.5, 0.6) is 0 Å². The number of hydrogen-bond acceptors (Lipinski definition) is 8. The monoisotopic (exact) mass is 527 g/mol. The molecule has 1 fully saturated rings. The number of morpholine rings is 1. The van der Waals surface area contributed by atoms with Crippen molar-refractivity contribution in [2.45, 2.75) is 45.4 Å². The predicted molar refractivity (Wildman–Crippen MR) is 143 cm³/mol. The fourth-order valence-corrected chi connectivity index (χ4v) is 5.21. The number of carbonyl (C=O) groups excluding carboxylic acids is 2. The number of hydrogen-bond donors (Lipinski definition) is 1. The summed E-state index contributed by atoms with van der Waals surface area (Å²) in [5.41, 5.74) is 8.57. The molecule has 7 nitrogen and oxygen atoms in total. The number of halogens is 1. The minimum absolute atomic E-state index is 0.211. The van der Waals surface area contributed by atoms with Crippen LogP contribution < -0.4 is 10.6 Å². The summed E-state index contributed by atoms with van der Waals surface area (Å²) in [5.74, 6) is -0.603. The number of nitrogens with zero attached hydrogens (tertiary/aromatic N) is 2. The summed E-state index contributed by atoms with van der Waals surface area (Å²) < 4.78 is 11.5. The molecule has 0 spiro atoms. The van der Waals surface area contributed by atoms with Crippen molar-refractivity contribution in [1.82, 2.24) is 4.98 Å². The highest BCUT2D eigenvalue weighted by molar-refractivity contribution is 7.17. The number of thiazole rings is 1. The average Bonchev–Trinajstić information content (AvgIpc) is 3.24. The molecule has 2 atom stereocenters. The third-order valence-electron chi connectivity index (χ3n) is 5.77. The van der Waals surface area contributed by atoms with Crippen LogP contribution in [0.1, 0.15) is 46.5 Å². The number of carbonyl (C=O) groups is 2. The van der Waals surface area contributed by atoms with Crippen LogP contribution in [-0.4, -0.2) is 54.2 Å². The first-order chi connectivity index (χ1) is 17.0. The van der Waals surface area contributed by atoms with Crippen molar-refractivity contribution in [1.29, 1.82) is 0 Å². The zero-order chi connectivity index (χ0) is 26.0. The minimum Gasteiger partial charge on any atom is -0.456 e. The highest BCUT2D eigenvalue weighted by Crippen LogP contribution is 2.31. The maximum absolute atomic E-state index is 13.4. The van der Waals surface area contributed by atoms with E-state index in [0.717, 1.165) is 16.3 Å². The van der Waals surface area contributed by atoms with Gasteiger partial charge in [-0.25, -0.2) is 9.78 Å². The topological polar surface area (TPSA) is 94.8 Å². The van der Waals surface area contributed by atoms with Gasteiger partial charge in [-0.3, -0.25) is 4.79 Å². The van der Waals surface area contributed by atoms with Crippen molar-refractivity contribution in [2.75, 3.05) is 24.6 Å². The Labute approximate surface area is 220 Å². The number of rotatable bonds is 6. The average molecular weight is 528 g/mol. The van der Waals surface area contributed by atoms with Crippen LogP contribution in [0.15, 0.2) is 48.5 Å². The Morgan fingerprint density at radius 2 is 1.89 bits per heavy atom. The van der Waals surface area contributed by atoms with E-state index in [0.29, 0.717) is 40.9 Å². The molecule has 0 radical (unpaired) electrons. The van der Waals surface area contributed by atoms with E-state index in [1.165, 1.54) is 11.3 Å². The smallest absolute Gasteiger partial charge is 0.340 e. The summed E-state index contributed by atoms with van der Waals surface area (Å²) in [7, 11) is 0. The lowest BCUT2D eigenvalue weighted by molar-refractivity contribution is 0.00658. The molecule has 0 aliphatic carbocycles. The molecular formula is C27H30ClN3O4S. The summed E-state index contributed by atoms with van der Waals surface area (Å²) in [4.78, 5) is 33.3. The molecule has 0 saturated carbocycles. The Hall–Kier alpha value is -2.78. The van der Waals surface area contributed by atoms with Crippen LogP contribution in [0, 0.1) is 6.92 Å². The molecular weight excluding hydrogens is 498 g/mol. The second-order valence-electron chi connectivity index (χ2n) is 9.70. The van der Waals surface area contributed by atoms with Gasteiger partial charge in [0.05, 0.1) is 40.6 Å². The van der Waals surface area contributed by atoms with Gasteiger partial charge < -0.3 is 20.1 Å². The SMILES string of the molecule is Cc1nc(-c2ccc(Cl)cc2)sc1C(=O)C(N)C1CN(c2ccccc2C(=O)OC(C)(C)C)CCO1. The molecule has 0 amide bonds. The number of esters is 1. The number of aryl methyl sites for hydroxylation is 1. The van der Waals surface area contributed by atoms with Gasteiger partial charge in [0, 0.05) is 23.7 Å². The third kappa shape index (κ3) is 5.95. The molecule has 190 valence electrons. The van der Waals surface area contributed by atoms with Crippen molar-refractivity contribution in [2.24, 2.45) is 5.73 Å². The van der Waals surface area contributed by atoms with Crippen molar-refractivity contribution in [3.05, 3.63) is 69.7 Å². The van der Waals surface area contributed by atoms with Gasteiger partial charge >= 0.3 is 5.97 Å². The number of benzene rings is 2. The van der Waals surface area contributed by atoms with E-state index < -0.39 is 23.7 Å². The van der Waals surface area contributed by atoms with Crippen molar-refractivity contribution in [3.63, 3.8) is 0 Å². The number of aromatic nitrogens is 1. The largest absolute Gasteiger partial charge is 0.456 e. The third-order valence-corrected chi connectivity index (χ3v) is 7.24. The second kappa shape index (κ2) is 10.7. The van der Waals surface area contributed by atoms with Gasteiger partial charge in [0.15, 0.2) is 5.78 Å². The standard InChI is InChI=1S/C27H30ClN3O4S/c1-16-24(36-25(30-16)17-9-11-18(28)12-10-17)23(32)22(29)21-15-31(13-14-34-21)20-8-6-5-7-19(20)26(33)35-27(2,3)4/h5-12,21-22H,13-15,29H2,1-4H3. The van der Waals surface area contributed by atoms with Crippen LogP contribution >= 0.6 is 22.9 Å². The van der Waals surface area contributed by atoms with Crippen molar-refractivity contribution < 1.29 is 19.1 Å². The number of ether oxygens (including phenoxy) is 2. The first kappa shape index (κ1) is 26.3. The Balaban J connectivity index is 1.52. The van der Waals surface area contributed by atoms with Gasteiger partial charge in [-0.15, -0.1) is 11.3 Å². The molecule has 9 heteroatoms. The van der Waals surface area contributed by atoms with Gasteiger partial charge in [0.25, 0.3) is 0 Å². The van der Waals surface area contributed by atoms with E-state index in [-0.39, 0.29) is 5.78 Å². The zero-order valence-electron chi connectivity index (χ0n) is 20.8. The molecule has 0 bridgehead atoms. The summed E-state index contributed by atoms with van der Waals surface area (Å²) in [5, 5.41) is 1.37. The molecule has 4 rings (SSSR count). The van der Waals surface area contributed by atoms with Gasteiger partial charge in [-0.2, -0.15) is 0 Å². The molecule has 2 unspecified atom stereocenters. The number of ketones is 1. The van der Waals surface area contributed by atoms with E-state index in [1.54, 1.807) is 31.2 Å². The highest BCUT2D eigenvalue weighted by Gasteiger charge is 2.34. The summed E-state index contributed by atoms with van der Waals surface area (Å²) >= 11 is 7.31. The highest BCUT2D eigenvalue weighted by atomic mass is 35.5. The Bertz CT molecular complexity index is 1250. The van der Waals surface area contributed by atoms with Crippen molar-refractivity contribution in [3.8, 4) is 10.6 Å². The molecule has 1 saturated heterocycles. The molecule has 2 heterocycles. The van der Waals surface area contributed by atoms with Gasteiger partial charge in [0.1, 0.15) is 10.6 Å². The van der Waals surface area contributed by atoms with E-state index in [2.05, 4.69) is 4.98 Å². The van der Waals surface area contributed by atoms with Gasteiger partial charge in [-0.05, 0) is 52.0 Å². The molecule has 3 aromatic rings. The molecule has 1 aliphatic heterocycles. The lowest BCUT2D eigenvalue weighted by Gasteiger charge is -2.37. The zero-order valence-corrected chi connectivity index (χ0v) is 22.4. The van der Waals surface area contributed by atoms with Crippen LogP contribution in [0.2, 0.25) is 5.02 Å². The lowest BCUT2D eigenvalue weighted by atomic mass is 10.0. The quantitative estimate of drug-likeness (QED) is 0.350. The fourth-order valence-electron chi connectivity index (χ4n) is 4.03. The minimum atomic E-state index is -0.876. The van der Waals surface area contributed by atoms with Gasteiger partial charge in [0.2, 0.25) is 0 Å². The molecule has 36 heavy (non-hydrogen) atoms. The first-order valence-corrected chi connectivity index (χ1v) is 12.9. The maximum atomic E-state index is 13.4. The summed E-state index contributed by atoms with van der Waals surface area (Å²) in [6, 6.07) is 13.8. The van der Waals surface area contributed by atoms with Crippen LogP contribution in [0.25, 0.3) is 10.6 Å². The molecule has 2 aromatic carbocycles. The van der Waals surface area contributed by atoms with E-state index >= 15 is 0 Å². The van der Waals surface area contributed by atoms with Crippen molar-refractivity contribution >= 4 is 40.4 Å². The fraction of sp³-hybridized carbons (Fsp3) is 0.370. The Kier molecular flexibility index (Phi) is 7.80. The Morgan fingerprint density at radius 3 is 2.58 bits per heavy atom. The summed E-state index contributed by atoms with van der Waals surface area (Å²) in [6.45, 7) is 8.63. The number of anilines is 1. The summed E-state index contributed by atoms with van der Waals surface area (Å²) in [6.07, 6.45) is -0.543. The molecule has 2 N–H and O–H groups in total. The number of para-hydroxylation sites is 1. The first-order valence-electron chi connectivity index (χ1n) is 11.8. The van der Waals surface area contributed by atoms with E-state index in [9.17, 15) is 9.59 Å². The maximum Gasteiger partial charge on any atom is 0.340 e. The number of nitrogens with two attached hydrogens (primary N) is 1. The normalized spacial score (nSPS) is 17.1. The predicted octanol–water partition coefficient (Wildman–Crippen LogP) is 5.14. The van der Waals surface area contributed by atoms with Crippen LogP contribution in [0.3, 0.4) is 0 Å². The van der Waals surface area contributed by atoms with E-state index in [4.69, 9.17) is 26.8 Å². The molecule has 1 aliphatic rings. The van der Waals surface area contributed by atoms with E-state index in [1.807, 2.05) is 49.9 Å². The van der Waals surface area contributed by atoms with Gasteiger partial charge in [-0.1, -0.05) is 35.9 Å². The van der Waals surface area contributed by atoms with Crippen LogP contribution in [-0.2, 0) is 9.47 Å².